The quantitative estimate of drug-likeness (QED) is 0.188. The molecule has 10 aromatic rings. The highest BCUT2D eigenvalue weighted by Gasteiger charge is 2.17. The van der Waals surface area contributed by atoms with Crippen molar-refractivity contribution < 1.29 is 0 Å². The van der Waals surface area contributed by atoms with Crippen LogP contribution in [-0.2, 0) is 0 Å². The molecule has 0 saturated carbocycles. The fraction of sp³-hybridized carbons (Fsp3) is 0. The first-order chi connectivity index (χ1) is 22.3. The first-order valence-electron chi connectivity index (χ1n) is 15.3. The third-order valence-corrected chi connectivity index (χ3v) is 11.6. The lowest BCUT2D eigenvalue weighted by molar-refractivity contribution is 1.18. The first kappa shape index (κ1) is 25.1. The molecule has 7 aromatic carbocycles. The summed E-state index contributed by atoms with van der Waals surface area (Å²) in [5.74, 6) is 0. The van der Waals surface area contributed by atoms with Crippen molar-refractivity contribution in [2.45, 2.75) is 0 Å². The highest BCUT2D eigenvalue weighted by molar-refractivity contribution is 7.27. The Bertz CT molecular complexity index is 2760. The molecule has 0 bridgehead atoms. The molecule has 0 aliphatic rings. The summed E-state index contributed by atoms with van der Waals surface area (Å²) in [6.07, 6.45) is 0. The Kier molecular flexibility index (Phi) is 5.39. The van der Waals surface area contributed by atoms with Crippen molar-refractivity contribution in [2.75, 3.05) is 0 Å². The van der Waals surface area contributed by atoms with Gasteiger partial charge in [0, 0.05) is 56.8 Å². The summed E-state index contributed by atoms with van der Waals surface area (Å²) in [5.41, 5.74) is 8.67. The van der Waals surface area contributed by atoms with Crippen LogP contribution in [-0.4, -0.2) is 4.57 Å². The number of nitrogens with zero attached hydrogens (tertiary/aromatic N) is 1. The van der Waals surface area contributed by atoms with Gasteiger partial charge in [0.05, 0.1) is 11.0 Å². The monoisotopic (exact) mass is 607 g/mol. The molecule has 0 unspecified atom stereocenters. The smallest absolute Gasteiger partial charge is 0.0555 e. The van der Waals surface area contributed by atoms with Gasteiger partial charge in [0.1, 0.15) is 0 Å². The molecular formula is C42H25NS2. The summed E-state index contributed by atoms with van der Waals surface area (Å²) in [7, 11) is 0. The third-order valence-electron chi connectivity index (χ3n) is 9.22. The predicted octanol–water partition coefficient (Wildman–Crippen LogP) is 12.9. The van der Waals surface area contributed by atoms with Crippen molar-refractivity contribution in [1.29, 1.82) is 0 Å². The van der Waals surface area contributed by atoms with Gasteiger partial charge >= 0.3 is 0 Å². The molecule has 0 radical (unpaired) electrons. The lowest BCUT2D eigenvalue weighted by Gasteiger charge is -2.11. The van der Waals surface area contributed by atoms with Crippen LogP contribution in [0.5, 0.6) is 0 Å². The number of fused-ring (bicyclic) bond motifs is 10. The summed E-state index contributed by atoms with van der Waals surface area (Å²) in [5, 5.41) is 8.00. The molecule has 0 spiro atoms. The van der Waals surface area contributed by atoms with E-state index in [9.17, 15) is 0 Å². The van der Waals surface area contributed by atoms with Crippen molar-refractivity contribution in [2.24, 2.45) is 0 Å². The van der Waals surface area contributed by atoms with Crippen molar-refractivity contribution in [1.82, 2.24) is 4.57 Å². The van der Waals surface area contributed by atoms with Crippen molar-refractivity contribution >= 4 is 84.8 Å². The average Bonchev–Trinajstić information content (AvgIpc) is 3.78. The maximum Gasteiger partial charge on any atom is 0.0555 e. The van der Waals surface area contributed by atoms with Crippen LogP contribution < -0.4 is 0 Å². The standard InChI is InChI=1S/C42H25NS2/c1-4-16-36-35(13-1)40-37(24-23-34-32-12-3-6-18-39(32)45-42(34)40)43(36)29-21-19-26(20-22-29)27-9-7-10-28(25-27)30-14-8-15-33-31-11-2-5-17-38(31)44-41(30)33/h1-25H. The summed E-state index contributed by atoms with van der Waals surface area (Å²) in [6, 6.07) is 55.7. The van der Waals surface area contributed by atoms with E-state index in [0.29, 0.717) is 0 Å². The van der Waals surface area contributed by atoms with Crippen LogP contribution in [0, 0.1) is 0 Å². The van der Waals surface area contributed by atoms with Gasteiger partial charge in [-0.1, -0.05) is 109 Å². The molecule has 10 rings (SSSR count). The van der Waals surface area contributed by atoms with E-state index in [2.05, 4.69) is 156 Å². The number of rotatable bonds is 3. The number of para-hydroxylation sites is 1. The van der Waals surface area contributed by atoms with E-state index in [4.69, 9.17) is 0 Å². The molecule has 0 saturated heterocycles. The van der Waals surface area contributed by atoms with E-state index in [0.717, 1.165) is 0 Å². The van der Waals surface area contributed by atoms with Crippen molar-refractivity contribution in [3.05, 3.63) is 152 Å². The zero-order valence-electron chi connectivity index (χ0n) is 24.2. The number of hydrogen-bond acceptors (Lipinski definition) is 2. The number of thiophene rings is 2. The topological polar surface area (TPSA) is 4.93 Å². The SMILES string of the molecule is c1cc(-c2ccc(-n3c4ccccc4c4c5sc6ccccc6c5ccc43)cc2)cc(-c2cccc3c2sc2ccccc23)c1. The van der Waals surface area contributed by atoms with E-state index in [-0.39, 0.29) is 0 Å². The minimum atomic E-state index is 1.18. The van der Waals surface area contributed by atoms with Gasteiger partial charge < -0.3 is 4.57 Å². The van der Waals surface area contributed by atoms with Gasteiger partial charge in [-0.2, -0.15) is 0 Å². The molecular weight excluding hydrogens is 583 g/mol. The fourth-order valence-electron chi connectivity index (χ4n) is 7.16. The Balaban J connectivity index is 1.10. The van der Waals surface area contributed by atoms with E-state index in [1.165, 1.54) is 90.1 Å². The second-order valence-corrected chi connectivity index (χ2v) is 13.8. The van der Waals surface area contributed by atoms with Crippen LogP contribution in [0.3, 0.4) is 0 Å². The minimum absolute atomic E-state index is 1.18. The number of benzene rings is 7. The normalized spacial score (nSPS) is 12.0. The Labute approximate surface area is 267 Å². The number of aromatic nitrogens is 1. The van der Waals surface area contributed by atoms with Gasteiger partial charge in [-0.05, 0) is 64.7 Å². The largest absolute Gasteiger partial charge is 0.309 e. The molecule has 3 heteroatoms. The zero-order chi connectivity index (χ0) is 29.5. The Morgan fingerprint density at radius 3 is 1.80 bits per heavy atom. The first-order valence-corrected chi connectivity index (χ1v) is 16.9. The minimum Gasteiger partial charge on any atom is -0.309 e. The summed E-state index contributed by atoms with van der Waals surface area (Å²) in [4.78, 5) is 0. The maximum atomic E-state index is 2.43. The average molecular weight is 608 g/mol. The summed E-state index contributed by atoms with van der Waals surface area (Å²) in [6.45, 7) is 0. The molecule has 0 N–H and O–H groups in total. The molecule has 0 amide bonds. The van der Waals surface area contributed by atoms with E-state index >= 15 is 0 Å². The summed E-state index contributed by atoms with van der Waals surface area (Å²) >= 11 is 3.79. The lowest BCUT2D eigenvalue weighted by Crippen LogP contribution is -1.93. The van der Waals surface area contributed by atoms with Gasteiger partial charge in [-0.3, -0.25) is 0 Å². The molecule has 3 heterocycles. The second-order valence-electron chi connectivity index (χ2n) is 11.7. The van der Waals surface area contributed by atoms with E-state index in [1.54, 1.807) is 0 Å². The highest BCUT2D eigenvalue weighted by atomic mass is 32.1. The van der Waals surface area contributed by atoms with Gasteiger partial charge in [0.2, 0.25) is 0 Å². The van der Waals surface area contributed by atoms with Crippen molar-refractivity contribution in [3.8, 4) is 27.9 Å². The highest BCUT2D eigenvalue weighted by Crippen LogP contribution is 2.44. The maximum absolute atomic E-state index is 2.43. The summed E-state index contributed by atoms with van der Waals surface area (Å²) < 4.78 is 7.82. The molecule has 1 nitrogen and oxygen atoms in total. The van der Waals surface area contributed by atoms with Gasteiger partial charge in [-0.15, -0.1) is 22.7 Å². The molecule has 0 aliphatic carbocycles. The lowest BCUT2D eigenvalue weighted by atomic mass is 9.98. The molecule has 45 heavy (non-hydrogen) atoms. The van der Waals surface area contributed by atoms with Gasteiger partial charge in [0.25, 0.3) is 0 Å². The fourth-order valence-corrected chi connectivity index (χ4v) is 9.65. The van der Waals surface area contributed by atoms with Crippen LogP contribution >= 0.6 is 22.7 Å². The Hall–Kier alpha value is -5.22. The molecule has 0 aliphatic heterocycles. The van der Waals surface area contributed by atoms with Crippen LogP contribution in [0.1, 0.15) is 0 Å². The third kappa shape index (κ3) is 3.72. The van der Waals surface area contributed by atoms with Gasteiger partial charge in [0.15, 0.2) is 0 Å². The van der Waals surface area contributed by atoms with E-state index < -0.39 is 0 Å². The van der Waals surface area contributed by atoms with Crippen molar-refractivity contribution in [3.63, 3.8) is 0 Å². The zero-order valence-corrected chi connectivity index (χ0v) is 25.8. The van der Waals surface area contributed by atoms with Gasteiger partial charge in [-0.25, -0.2) is 0 Å². The molecule has 210 valence electrons. The predicted molar refractivity (Wildman–Crippen MR) is 197 cm³/mol. The molecule has 3 aromatic heterocycles. The van der Waals surface area contributed by atoms with Crippen LogP contribution in [0.4, 0.5) is 0 Å². The van der Waals surface area contributed by atoms with E-state index in [1.807, 2.05) is 22.7 Å². The van der Waals surface area contributed by atoms with Crippen LogP contribution in [0.2, 0.25) is 0 Å². The second kappa shape index (κ2) is 9.64. The van der Waals surface area contributed by atoms with Crippen LogP contribution in [0.25, 0.3) is 90.1 Å². The number of hydrogen-bond donors (Lipinski definition) is 0. The Morgan fingerprint density at radius 1 is 0.378 bits per heavy atom. The molecule has 0 fully saturated rings. The van der Waals surface area contributed by atoms with Crippen LogP contribution in [0.15, 0.2) is 152 Å². The molecule has 0 atom stereocenters. The Morgan fingerprint density at radius 2 is 1.00 bits per heavy atom.